The lowest BCUT2D eigenvalue weighted by atomic mass is 10.5. The van der Waals surface area contributed by atoms with Gasteiger partial charge >= 0.3 is 7.60 Å². The lowest BCUT2D eigenvalue weighted by molar-refractivity contribution is 0.0795. The van der Waals surface area contributed by atoms with Crippen LogP contribution in [0.4, 0.5) is 5.95 Å². The van der Waals surface area contributed by atoms with Crippen molar-refractivity contribution in [3.8, 4) is 0 Å². The van der Waals surface area contributed by atoms with Gasteiger partial charge in [-0.2, -0.15) is 4.98 Å². The maximum atomic E-state index is 11.6. The van der Waals surface area contributed by atoms with Gasteiger partial charge in [0.25, 0.3) is 5.56 Å². The Balaban J connectivity index is 1.93. The minimum Gasteiger partial charge on any atom is -0.369 e. The van der Waals surface area contributed by atoms with Crippen molar-refractivity contribution in [3.05, 3.63) is 16.7 Å². The molecule has 0 spiro atoms. The van der Waals surface area contributed by atoms with Crippen molar-refractivity contribution in [1.29, 1.82) is 0 Å². The molecule has 10 nitrogen and oxygen atoms in total. The van der Waals surface area contributed by atoms with E-state index >= 15 is 0 Å². The molecule has 2 aromatic heterocycles. The molecule has 4 N–H and O–H groups in total. The highest BCUT2D eigenvalue weighted by molar-refractivity contribution is 9.06. The average Bonchev–Trinajstić information content (AvgIpc) is 2.82. The van der Waals surface area contributed by atoms with E-state index in [1.165, 1.54) is 10.9 Å². The van der Waals surface area contributed by atoms with Crippen LogP contribution in [0, 0.1) is 0 Å². The summed E-state index contributed by atoms with van der Waals surface area (Å²) in [6.07, 6.45) is 1.71. The molecule has 0 saturated heterocycles. The maximum Gasteiger partial charge on any atom is 0.339 e. The summed E-state index contributed by atoms with van der Waals surface area (Å²) < 4.78 is 22.3. The zero-order valence-corrected chi connectivity index (χ0v) is 13.2. The maximum absolute atomic E-state index is 11.6. The quantitative estimate of drug-likeness (QED) is 0.466. The molecule has 2 heterocycles. The third kappa shape index (κ3) is 4.11. The number of anilines is 1. The Morgan fingerprint density at radius 3 is 3.05 bits per heavy atom. The van der Waals surface area contributed by atoms with Crippen LogP contribution < -0.4 is 11.3 Å². The predicted octanol–water partition coefficient (Wildman–Crippen LogP) is 0.578. The average molecular weight is 382 g/mol. The number of hydrogen-bond donors (Lipinski definition) is 3. The zero-order valence-electron chi connectivity index (χ0n) is 10.7. The third-order valence-corrected chi connectivity index (χ3v) is 5.02. The highest BCUT2D eigenvalue weighted by Gasteiger charge is 2.17. The Morgan fingerprint density at radius 1 is 1.57 bits per heavy atom. The summed E-state index contributed by atoms with van der Waals surface area (Å²) >= 11 is 2.49. The smallest absolute Gasteiger partial charge is 0.339 e. The van der Waals surface area contributed by atoms with Crippen LogP contribution >= 0.6 is 23.9 Å². The molecular weight excluding hydrogens is 369 g/mol. The summed E-state index contributed by atoms with van der Waals surface area (Å²) in [6.45, 7) is 0.330. The fourth-order valence-corrected chi connectivity index (χ4v) is 2.66. The van der Waals surface area contributed by atoms with E-state index in [9.17, 15) is 9.36 Å². The first-order chi connectivity index (χ1) is 9.93. The van der Waals surface area contributed by atoms with Gasteiger partial charge in [0.05, 0.1) is 12.5 Å². The summed E-state index contributed by atoms with van der Waals surface area (Å²) in [5.74, 6) is -0.00932. The molecule has 21 heavy (non-hydrogen) atoms. The van der Waals surface area contributed by atoms with Crippen LogP contribution in [-0.2, 0) is 19.6 Å². The van der Waals surface area contributed by atoms with Crippen LogP contribution in [0.1, 0.15) is 6.42 Å². The largest absolute Gasteiger partial charge is 0.369 e. The highest BCUT2D eigenvalue weighted by atomic mass is 79.9. The lowest BCUT2D eigenvalue weighted by Gasteiger charge is -2.08. The number of ether oxygens (including phenoxy) is 1. The second kappa shape index (κ2) is 6.67. The number of aromatic nitrogens is 4. The van der Waals surface area contributed by atoms with Crippen molar-refractivity contribution in [2.24, 2.45) is 0 Å². The standard InChI is InChI=1S/C9H13BrN5O5P/c10-20-21(17,18)3-1-2-19-5-15-4-12-6-7(15)13-9(11)14-8(6)16/h4H,1-3,5H2,(H,17,18)(H3,11,13,14,16). The molecule has 0 fully saturated rings. The van der Waals surface area contributed by atoms with E-state index < -0.39 is 13.2 Å². The Bertz CT molecular complexity index is 731. The van der Waals surface area contributed by atoms with Crippen molar-refractivity contribution in [3.63, 3.8) is 0 Å². The van der Waals surface area contributed by atoms with Gasteiger partial charge in [-0.25, -0.2) is 8.60 Å². The number of halogens is 1. The van der Waals surface area contributed by atoms with Gasteiger partial charge in [0.15, 0.2) is 11.2 Å². The number of fused-ring (bicyclic) bond motifs is 1. The van der Waals surface area contributed by atoms with E-state index in [2.05, 4.69) is 34.8 Å². The van der Waals surface area contributed by atoms with Crippen molar-refractivity contribution < 1.29 is 17.8 Å². The Labute approximate surface area is 127 Å². The number of nitrogens with two attached hydrogens (primary N) is 1. The summed E-state index contributed by atoms with van der Waals surface area (Å²) in [6, 6.07) is 0. The zero-order chi connectivity index (χ0) is 15.5. The Morgan fingerprint density at radius 2 is 2.33 bits per heavy atom. The second-order valence-electron chi connectivity index (χ2n) is 4.16. The number of nitrogen functional groups attached to an aromatic ring is 1. The molecule has 1 unspecified atom stereocenters. The van der Waals surface area contributed by atoms with Crippen molar-refractivity contribution in [2.75, 3.05) is 18.5 Å². The molecule has 0 aromatic carbocycles. The first-order valence-corrected chi connectivity index (χ1v) is 8.24. The minimum absolute atomic E-state index is 0.00932. The summed E-state index contributed by atoms with van der Waals surface area (Å²) in [7, 11) is -3.58. The number of rotatable bonds is 7. The van der Waals surface area contributed by atoms with Crippen LogP contribution in [0.15, 0.2) is 11.1 Å². The van der Waals surface area contributed by atoms with Crippen LogP contribution in [-0.4, -0.2) is 37.2 Å². The fraction of sp³-hybridized carbons (Fsp3) is 0.444. The van der Waals surface area contributed by atoms with Crippen molar-refractivity contribution >= 4 is 41.0 Å². The lowest BCUT2D eigenvalue weighted by Crippen LogP contribution is -2.13. The molecule has 0 bridgehead atoms. The summed E-state index contributed by atoms with van der Waals surface area (Å²) in [4.78, 5) is 31.0. The molecule has 0 amide bonds. The minimum atomic E-state index is -3.58. The van der Waals surface area contributed by atoms with Gasteiger partial charge in [0, 0.05) is 6.61 Å². The molecule has 0 saturated carbocycles. The summed E-state index contributed by atoms with van der Waals surface area (Å²) in [5, 5.41) is 0. The van der Waals surface area contributed by atoms with Crippen molar-refractivity contribution in [1.82, 2.24) is 19.5 Å². The summed E-state index contributed by atoms with van der Waals surface area (Å²) in [5.41, 5.74) is 5.52. The number of nitrogens with zero attached hydrogens (tertiary/aromatic N) is 3. The Hall–Kier alpha value is -1.26. The SMILES string of the molecule is Nc1nc2c(ncn2COCCCP(=O)(O)OBr)c(=O)[nH]1. The van der Waals surface area contributed by atoms with Gasteiger partial charge in [-0.1, -0.05) is 0 Å². The second-order valence-corrected chi connectivity index (χ2v) is 6.89. The first kappa shape index (κ1) is 16.1. The van der Waals surface area contributed by atoms with Crippen LogP contribution in [0.3, 0.4) is 0 Å². The molecule has 2 rings (SSSR count). The van der Waals surface area contributed by atoms with E-state index in [-0.39, 0.29) is 31.0 Å². The van der Waals surface area contributed by atoms with E-state index in [1.807, 2.05) is 0 Å². The third-order valence-electron chi connectivity index (χ3n) is 2.56. The van der Waals surface area contributed by atoms with Gasteiger partial charge in [-0.3, -0.25) is 18.9 Å². The molecule has 0 radical (unpaired) electrons. The molecule has 116 valence electrons. The van der Waals surface area contributed by atoms with Crippen LogP contribution in [0.5, 0.6) is 0 Å². The first-order valence-electron chi connectivity index (χ1n) is 5.83. The van der Waals surface area contributed by atoms with Gasteiger partial charge < -0.3 is 15.4 Å². The molecule has 0 aliphatic heterocycles. The van der Waals surface area contributed by atoms with Gasteiger partial charge in [-0.15, -0.1) is 0 Å². The van der Waals surface area contributed by atoms with E-state index in [0.717, 1.165) is 0 Å². The normalized spacial score (nSPS) is 14.4. The number of H-pyrrole nitrogens is 1. The molecule has 12 heteroatoms. The van der Waals surface area contributed by atoms with Gasteiger partial charge in [0.1, 0.15) is 23.0 Å². The number of imidazole rings is 1. The molecular formula is C9H13BrN5O5P. The fourth-order valence-electron chi connectivity index (χ4n) is 1.63. The Kier molecular flexibility index (Phi) is 5.12. The topological polar surface area (TPSA) is 145 Å². The number of nitrogens with one attached hydrogen (secondary N) is 1. The highest BCUT2D eigenvalue weighted by Crippen LogP contribution is 2.44. The predicted molar refractivity (Wildman–Crippen MR) is 77.8 cm³/mol. The molecule has 1 atom stereocenters. The van der Waals surface area contributed by atoms with E-state index in [0.29, 0.717) is 12.1 Å². The number of hydrogen-bond acceptors (Lipinski definition) is 7. The number of aromatic amines is 1. The van der Waals surface area contributed by atoms with E-state index in [4.69, 9.17) is 15.4 Å². The molecule has 2 aromatic rings. The van der Waals surface area contributed by atoms with Crippen LogP contribution in [0.25, 0.3) is 11.2 Å². The molecule has 0 aliphatic rings. The van der Waals surface area contributed by atoms with Crippen LogP contribution in [0.2, 0.25) is 0 Å². The van der Waals surface area contributed by atoms with Crippen molar-refractivity contribution in [2.45, 2.75) is 13.2 Å². The van der Waals surface area contributed by atoms with Gasteiger partial charge in [0.2, 0.25) is 5.95 Å². The molecule has 0 aliphatic carbocycles. The monoisotopic (exact) mass is 381 g/mol. The van der Waals surface area contributed by atoms with E-state index in [1.54, 1.807) is 0 Å². The van der Waals surface area contributed by atoms with Gasteiger partial charge in [-0.05, 0) is 6.42 Å².